The van der Waals surface area contributed by atoms with Gasteiger partial charge in [0.05, 0.1) is 12.0 Å². The zero-order valence-corrected chi connectivity index (χ0v) is 15.8. The molecule has 6 nitrogen and oxygen atoms in total. The van der Waals surface area contributed by atoms with Crippen LogP contribution in [0.1, 0.15) is 36.5 Å². The van der Waals surface area contributed by atoms with E-state index in [0.29, 0.717) is 23.5 Å². The molecule has 2 rings (SSSR count). The Hall–Kier alpha value is -2.54. The Morgan fingerprint density at radius 2 is 1.81 bits per heavy atom. The van der Waals surface area contributed by atoms with Crippen molar-refractivity contribution in [2.24, 2.45) is 0 Å². The molecule has 0 atom stereocenters. The number of anilines is 1. The Bertz CT molecular complexity index is 833. The number of benzene rings is 2. The van der Waals surface area contributed by atoms with Crippen LogP contribution in [0.2, 0.25) is 0 Å². The molecule has 0 fully saturated rings. The van der Waals surface area contributed by atoms with Crippen molar-refractivity contribution in [1.29, 1.82) is 0 Å². The van der Waals surface area contributed by atoms with Crippen molar-refractivity contribution >= 4 is 21.6 Å². The predicted molar refractivity (Wildman–Crippen MR) is 102 cm³/mol. The summed E-state index contributed by atoms with van der Waals surface area (Å²) in [6, 6.07) is 12.5. The van der Waals surface area contributed by atoms with Gasteiger partial charge in [0.1, 0.15) is 5.75 Å². The third-order valence-electron chi connectivity index (χ3n) is 3.81. The molecule has 0 unspecified atom stereocenters. The van der Waals surface area contributed by atoms with E-state index in [9.17, 15) is 13.2 Å². The number of methoxy groups -OCH3 is 1. The van der Waals surface area contributed by atoms with Crippen LogP contribution in [0.5, 0.6) is 5.75 Å². The lowest BCUT2D eigenvalue weighted by Crippen LogP contribution is -2.24. The van der Waals surface area contributed by atoms with E-state index in [1.54, 1.807) is 30.3 Å². The third kappa shape index (κ3) is 5.49. The molecule has 0 spiro atoms. The lowest BCUT2D eigenvalue weighted by molar-refractivity contribution is 0.0953. The largest absolute Gasteiger partial charge is 0.497 e. The Kier molecular flexibility index (Phi) is 7.03. The molecular formula is C19H24N2O4S. The van der Waals surface area contributed by atoms with Crippen LogP contribution in [0.15, 0.2) is 53.4 Å². The van der Waals surface area contributed by atoms with E-state index < -0.39 is 10.0 Å². The fraction of sp³-hybridized carbons (Fsp3) is 0.316. The number of hydrogen-bond acceptors (Lipinski definition) is 4. The predicted octanol–water partition coefficient (Wildman–Crippen LogP) is 3.42. The summed E-state index contributed by atoms with van der Waals surface area (Å²) in [5, 5.41) is 2.84. The van der Waals surface area contributed by atoms with Gasteiger partial charge in [-0.25, -0.2) is 8.42 Å². The number of amides is 1. The van der Waals surface area contributed by atoms with Crippen LogP contribution >= 0.6 is 0 Å². The van der Waals surface area contributed by atoms with Crippen molar-refractivity contribution in [2.45, 2.75) is 31.1 Å². The second-order valence-corrected chi connectivity index (χ2v) is 7.51. The van der Waals surface area contributed by atoms with Gasteiger partial charge in [-0.05, 0) is 48.9 Å². The summed E-state index contributed by atoms with van der Waals surface area (Å²) in [5.41, 5.74) is 0.749. The molecule has 0 aromatic heterocycles. The smallest absolute Gasteiger partial charge is 0.261 e. The van der Waals surface area contributed by atoms with E-state index in [-0.39, 0.29) is 10.8 Å². The topological polar surface area (TPSA) is 84.5 Å². The Balaban J connectivity index is 2.08. The molecule has 2 N–H and O–H groups in total. The number of ether oxygens (including phenoxy) is 1. The van der Waals surface area contributed by atoms with Gasteiger partial charge in [0.2, 0.25) is 0 Å². The monoisotopic (exact) mass is 376 g/mol. The highest BCUT2D eigenvalue weighted by Gasteiger charge is 2.15. The van der Waals surface area contributed by atoms with Gasteiger partial charge in [0.25, 0.3) is 15.9 Å². The maximum atomic E-state index is 12.5. The van der Waals surface area contributed by atoms with E-state index in [1.165, 1.54) is 25.3 Å². The van der Waals surface area contributed by atoms with Crippen molar-refractivity contribution < 1.29 is 17.9 Å². The second-order valence-electron chi connectivity index (χ2n) is 5.82. The maximum Gasteiger partial charge on any atom is 0.261 e. The van der Waals surface area contributed by atoms with Crippen molar-refractivity contribution in [3.63, 3.8) is 0 Å². The number of sulfonamides is 1. The molecule has 0 aliphatic heterocycles. The molecule has 0 bridgehead atoms. The van der Waals surface area contributed by atoms with Gasteiger partial charge >= 0.3 is 0 Å². The van der Waals surface area contributed by atoms with Crippen LogP contribution in [0.25, 0.3) is 0 Å². The molecule has 7 heteroatoms. The average molecular weight is 376 g/mol. The standard InChI is InChI=1S/C19H24N2O4S/c1-3-4-5-13-20-19(22)15-7-6-8-16(14-15)21-26(23,24)18-11-9-17(25-2)10-12-18/h6-12,14,21H,3-5,13H2,1-2H3,(H,20,22). The lowest BCUT2D eigenvalue weighted by Gasteiger charge is -2.10. The van der Waals surface area contributed by atoms with Gasteiger partial charge in [-0.3, -0.25) is 9.52 Å². The Morgan fingerprint density at radius 3 is 2.46 bits per heavy atom. The van der Waals surface area contributed by atoms with Crippen molar-refractivity contribution in [3.05, 3.63) is 54.1 Å². The Morgan fingerprint density at radius 1 is 1.08 bits per heavy atom. The van der Waals surface area contributed by atoms with Crippen LogP contribution in [-0.2, 0) is 10.0 Å². The van der Waals surface area contributed by atoms with E-state index in [1.807, 2.05) is 0 Å². The van der Waals surface area contributed by atoms with Gasteiger partial charge in [0.15, 0.2) is 0 Å². The first-order valence-corrected chi connectivity index (χ1v) is 9.99. The molecule has 0 saturated heterocycles. The highest BCUT2D eigenvalue weighted by atomic mass is 32.2. The SMILES string of the molecule is CCCCCNC(=O)c1cccc(NS(=O)(=O)c2ccc(OC)cc2)c1. The van der Waals surface area contributed by atoms with E-state index in [4.69, 9.17) is 4.74 Å². The molecule has 1 amide bonds. The fourth-order valence-electron chi connectivity index (χ4n) is 2.37. The minimum Gasteiger partial charge on any atom is -0.497 e. The minimum absolute atomic E-state index is 0.118. The van der Waals surface area contributed by atoms with Crippen molar-refractivity contribution in [2.75, 3.05) is 18.4 Å². The van der Waals surface area contributed by atoms with Crippen LogP contribution in [0.3, 0.4) is 0 Å². The van der Waals surface area contributed by atoms with Gasteiger partial charge < -0.3 is 10.1 Å². The van der Waals surface area contributed by atoms with E-state index >= 15 is 0 Å². The number of nitrogens with one attached hydrogen (secondary N) is 2. The quantitative estimate of drug-likeness (QED) is 0.657. The number of carbonyl (C=O) groups is 1. The number of hydrogen-bond donors (Lipinski definition) is 2. The molecule has 0 aliphatic rings. The summed E-state index contributed by atoms with van der Waals surface area (Å²) in [4.78, 5) is 12.3. The highest BCUT2D eigenvalue weighted by Crippen LogP contribution is 2.19. The maximum absolute atomic E-state index is 12.5. The lowest BCUT2D eigenvalue weighted by atomic mass is 10.2. The molecule has 140 valence electrons. The summed E-state index contributed by atoms with van der Waals surface area (Å²) in [6.45, 7) is 2.70. The first-order chi connectivity index (χ1) is 12.5. The van der Waals surface area contributed by atoms with E-state index in [0.717, 1.165) is 19.3 Å². The highest BCUT2D eigenvalue weighted by molar-refractivity contribution is 7.92. The minimum atomic E-state index is -3.74. The zero-order chi connectivity index (χ0) is 19.0. The van der Waals surface area contributed by atoms with Gasteiger partial charge in [-0.15, -0.1) is 0 Å². The number of unbranched alkanes of at least 4 members (excludes halogenated alkanes) is 2. The first-order valence-electron chi connectivity index (χ1n) is 8.51. The van der Waals surface area contributed by atoms with Crippen LogP contribution in [0.4, 0.5) is 5.69 Å². The average Bonchev–Trinajstić information content (AvgIpc) is 2.65. The van der Waals surface area contributed by atoms with Crippen LogP contribution in [0, 0.1) is 0 Å². The number of rotatable bonds is 9. The van der Waals surface area contributed by atoms with Crippen molar-refractivity contribution in [1.82, 2.24) is 5.32 Å². The summed E-state index contributed by atoms with van der Waals surface area (Å²) < 4.78 is 32.5. The zero-order valence-electron chi connectivity index (χ0n) is 15.0. The van der Waals surface area contributed by atoms with E-state index in [2.05, 4.69) is 17.0 Å². The number of carbonyl (C=O) groups excluding carboxylic acids is 1. The Labute approximate surface area is 154 Å². The van der Waals surface area contributed by atoms with Gasteiger partial charge in [-0.1, -0.05) is 25.8 Å². The summed E-state index contributed by atoms with van der Waals surface area (Å²) in [5.74, 6) is 0.359. The molecule has 26 heavy (non-hydrogen) atoms. The molecule has 0 heterocycles. The molecule has 2 aromatic carbocycles. The summed E-state index contributed by atoms with van der Waals surface area (Å²) >= 11 is 0. The first kappa shape index (κ1) is 19.8. The van der Waals surface area contributed by atoms with Crippen molar-refractivity contribution in [3.8, 4) is 5.75 Å². The third-order valence-corrected chi connectivity index (χ3v) is 5.21. The second kappa shape index (κ2) is 9.24. The molecule has 0 saturated carbocycles. The molecule has 2 aromatic rings. The molecule has 0 radical (unpaired) electrons. The summed E-state index contributed by atoms with van der Waals surface area (Å²) in [6.07, 6.45) is 3.06. The molecular weight excluding hydrogens is 352 g/mol. The normalized spacial score (nSPS) is 11.0. The van der Waals surface area contributed by atoms with Crippen LogP contribution < -0.4 is 14.8 Å². The molecule has 0 aliphatic carbocycles. The van der Waals surface area contributed by atoms with Crippen LogP contribution in [-0.4, -0.2) is 28.0 Å². The van der Waals surface area contributed by atoms with Gasteiger partial charge in [-0.2, -0.15) is 0 Å². The summed E-state index contributed by atoms with van der Waals surface area (Å²) in [7, 11) is -2.23. The fourth-order valence-corrected chi connectivity index (χ4v) is 3.42. The van der Waals surface area contributed by atoms with Gasteiger partial charge in [0, 0.05) is 17.8 Å².